The number of benzene rings is 1. The number of anilines is 1. The Labute approximate surface area is 148 Å². The van der Waals surface area contributed by atoms with E-state index in [0.29, 0.717) is 11.0 Å². The average molecular weight is 359 g/mol. The molecular formula is C16H17N5OS2. The van der Waals surface area contributed by atoms with Crippen LogP contribution in [0.4, 0.5) is 5.69 Å². The van der Waals surface area contributed by atoms with Crippen LogP contribution in [0, 0.1) is 0 Å². The van der Waals surface area contributed by atoms with Crippen molar-refractivity contribution in [2.75, 3.05) is 16.9 Å². The summed E-state index contributed by atoms with van der Waals surface area (Å²) in [6, 6.07) is 11.7. The minimum atomic E-state index is -0.103. The van der Waals surface area contributed by atoms with E-state index in [4.69, 9.17) is 5.84 Å². The summed E-state index contributed by atoms with van der Waals surface area (Å²) in [4.78, 5) is 13.0. The maximum atomic E-state index is 12.1. The number of aryl methyl sites for hydroxylation is 1. The highest BCUT2D eigenvalue weighted by atomic mass is 32.2. The van der Waals surface area contributed by atoms with Crippen molar-refractivity contribution in [3.8, 4) is 10.7 Å². The van der Waals surface area contributed by atoms with Crippen molar-refractivity contribution in [3.63, 3.8) is 0 Å². The van der Waals surface area contributed by atoms with Gasteiger partial charge in [-0.15, -0.1) is 21.5 Å². The molecule has 1 amide bonds. The lowest BCUT2D eigenvalue weighted by molar-refractivity contribution is -0.113. The van der Waals surface area contributed by atoms with E-state index in [1.807, 2.05) is 41.8 Å². The number of thiophene rings is 1. The van der Waals surface area contributed by atoms with Crippen molar-refractivity contribution in [1.29, 1.82) is 0 Å². The second kappa shape index (κ2) is 7.50. The summed E-state index contributed by atoms with van der Waals surface area (Å²) in [5, 5.41) is 13.5. The molecule has 1 aromatic carbocycles. The number of carbonyl (C=O) groups is 1. The number of amides is 1. The normalized spacial score (nSPS) is 10.7. The zero-order chi connectivity index (χ0) is 16.9. The third-order valence-electron chi connectivity index (χ3n) is 3.36. The molecule has 0 bridgehead atoms. The van der Waals surface area contributed by atoms with E-state index in [0.717, 1.165) is 17.0 Å². The number of nitrogens with zero attached hydrogens (tertiary/aromatic N) is 3. The Bertz CT molecular complexity index is 829. The lowest BCUT2D eigenvalue weighted by Crippen LogP contribution is -2.16. The van der Waals surface area contributed by atoms with Gasteiger partial charge >= 0.3 is 0 Å². The second-order valence-corrected chi connectivity index (χ2v) is 6.93. The van der Waals surface area contributed by atoms with Gasteiger partial charge in [-0.3, -0.25) is 4.79 Å². The average Bonchev–Trinajstić information content (AvgIpc) is 3.23. The summed E-state index contributed by atoms with van der Waals surface area (Å²) < 4.78 is 1.42. The number of nitrogens with one attached hydrogen (secondary N) is 1. The lowest BCUT2D eigenvalue weighted by Gasteiger charge is -2.06. The van der Waals surface area contributed by atoms with Gasteiger partial charge in [0.05, 0.1) is 10.6 Å². The third kappa shape index (κ3) is 3.77. The molecule has 6 nitrogen and oxygen atoms in total. The van der Waals surface area contributed by atoms with Gasteiger partial charge in [0.15, 0.2) is 5.82 Å². The zero-order valence-electron chi connectivity index (χ0n) is 13.1. The molecular weight excluding hydrogens is 342 g/mol. The molecule has 124 valence electrons. The van der Waals surface area contributed by atoms with Gasteiger partial charge in [0.25, 0.3) is 0 Å². The summed E-state index contributed by atoms with van der Waals surface area (Å²) in [6.07, 6.45) is 0.931. The fraction of sp³-hybridized carbons (Fsp3) is 0.188. The summed E-state index contributed by atoms with van der Waals surface area (Å²) >= 11 is 2.80. The highest BCUT2D eigenvalue weighted by molar-refractivity contribution is 7.99. The topological polar surface area (TPSA) is 85.8 Å². The molecule has 0 aliphatic carbocycles. The maximum Gasteiger partial charge on any atom is 0.234 e. The number of hydrogen-bond acceptors (Lipinski definition) is 6. The van der Waals surface area contributed by atoms with Crippen LogP contribution in [0.25, 0.3) is 10.7 Å². The Hall–Kier alpha value is -2.32. The fourth-order valence-corrected chi connectivity index (χ4v) is 3.51. The predicted octanol–water partition coefficient (Wildman–Crippen LogP) is 3.01. The van der Waals surface area contributed by atoms with Crippen molar-refractivity contribution >= 4 is 34.7 Å². The standard InChI is InChI=1S/C16H17N5OS2/c1-2-11-5-3-6-12(9-11)18-14(22)10-24-16-20-19-15(21(16)17)13-7-4-8-23-13/h3-9H,2,10,17H2,1H3,(H,18,22). The van der Waals surface area contributed by atoms with Crippen LogP contribution in [0.3, 0.4) is 0 Å². The molecule has 0 radical (unpaired) electrons. The number of rotatable bonds is 6. The highest BCUT2D eigenvalue weighted by Gasteiger charge is 2.14. The first-order valence-electron chi connectivity index (χ1n) is 7.43. The van der Waals surface area contributed by atoms with Crippen molar-refractivity contribution in [3.05, 3.63) is 47.3 Å². The summed E-state index contributed by atoms with van der Waals surface area (Å²) in [5.74, 6) is 6.73. The van der Waals surface area contributed by atoms with Crippen LogP contribution in [-0.4, -0.2) is 26.5 Å². The SMILES string of the molecule is CCc1cccc(NC(=O)CSc2nnc(-c3cccs3)n2N)c1. The molecule has 0 fully saturated rings. The van der Waals surface area contributed by atoms with Gasteiger partial charge in [0.1, 0.15) is 0 Å². The van der Waals surface area contributed by atoms with E-state index in [1.165, 1.54) is 22.0 Å². The Kier molecular flexibility index (Phi) is 5.17. The summed E-state index contributed by atoms with van der Waals surface area (Å²) in [6.45, 7) is 2.08. The van der Waals surface area contributed by atoms with Gasteiger partial charge < -0.3 is 11.2 Å². The van der Waals surface area contributed by atoms with Gasteiger partial charge in [0.2, 0.25) is 11.1 Å². The predicted molar refractivity (Wildman–Crippen MR) is 98.7 cm³/mol. The molecule has 2 heterocycles. The van der Waals surface area contributed by atoms with Crippen molar-refractivity contribution < 1.29 is 4.79 Å². The highest BCUT2D eigenvalue weighted by Crippen LogP contribution is 2.25. The third-order valence-corrected chi connectivity index (χ3v) is 5.17. The van der Waals surface area contributed by atoms with Gasteiger partial charge in [-0.05, 0) is 35.6 Å². The van der Waals surface area contributed by atoms with E-state index in [2.05, 4.69) is 22.4 Å². The minimum absolute atomic E-state index is 0.103. The molecule has 0 saturated heterocycles. The number of nitrogen functional groups attached to an aromatic ring is 1. The number of nitrogens with two attached hydrogens (primary N) is 1. The first-order valence-corrected chi connectivity index (χ1v) is 9.30. The van der Waals surface area contributed by atoms with Gasteiger partial charge in [-0.1, -0.05) is 36.9 Å². The zero-order valence-corrected chi connectivity index (χ0v) is 14.7. The van der Waals surface area contributed by atoms with E-state index in [9.17, 15) is 4.79 Å². The van der Waals surface area contributed by atoms with Gasteiger partial charge in [-0.25, -0.2) is 4.68 Å². The quantitative estimate of drug-likeness (QED) is 0.522. The fourth-order valence-electron chi connectivity index (χ4n) is 2.15. The first-order chi connectivity index (χ1) is 11.7. The smallest absolute Gasteiger partial charge is 0.234 e. The molecule has 0 aliphatic rings. The van der Waals surface area contributed by atoms with Crippen LogP contribution < -0.4 is 11.2 Å². The monoisotopic (exact) mass is 359 g/mol. The number of thioether (sulfide) groups is 1. The van der Waals surface area contributed by atoms with Crippen LogP contribution in [0.1, 0.15) is 12.5 Å². The molecule has 8 heteroatoms. The van der Waals surface area contributed by atoms with Crippen LogP contribution in [-0.2, 0) is 11.2 Å². The molecule has 0 saturated carbocycles. The summed E-state index contributed by atoms with van der Waals surface area (Å²) in [5.41, 5.74) is 1.98. The Morgan fingerprint density at radius 3 is 2.96 bits per heavy atom. The van der Waals surface area contributed by atoms with E-state index < -0.39 is 0 Å². The van der Waals surface area contributed by atoms with Gasteiger partial charge in [-0.2, -0.15) is 0 Å². The first kappa shape index (κ1) is 16.5. The lowest BCUT2D eigenvalue weighted by atomic mass is 10.1. The van der Waals surface area contributed by atoms with E-state index >= 15 is 0 Å². The number of carbonyl (C=O) groups excluding carboxylic acids is 1. The molecule has 0 unspecified atom stereocenters. The van der Waals surface area contributed by atoms with Crippen molar-refractivity contribution in [2.45, 2.75) is 18.5 Å². The molecule has 0 atom stereocenters. The van der Waals surface area contributed by atoms with Crippen LogP contribution in [0.15, 0.2) is 46.9 Å². The Balaban J connectivity index is 1.60. The van der Waals surface area contributed by atoms with E-state index in [1.54, 1.807) is 11.3 Å². The molecule has 0 spiro atoms. The molecule has 0 aliphatic heterocycles. The molecule has 24 heavy (non-hydrogen) atoms. The Morgan fingerprint density at radius 1 is 1.33 bits per heavy atom. The van der Waals surface area contributed by atoms with Crippen LogP contribution in [0.2, 0.25) is 0 Å². The van der Waals surface area contributed by atoms with Crippen LogP contribution >= 0.6 is 23.1 Å². The second-order valence-electron chi connectivity index (χ2n) is 5.04. The molecule has 3 N–H and O–H groups in total. The van der Waals surface area contributed by atoms with Gasteiger partial charge in [0, 0.05) is 5.69 Å². The van der Waals surface area contributed by atoms with Crippen molar-refractivity contribution in [1.82, 2.24) is 14.9 Å². The number of hydrogen-bond donors (Lipinski definition) is 2. The molecule has 3 rings (SSSR count). The maximum absolute atomic E-state index is 12.1. The number of aromatic nitrogens is 3. The van der Waals surface area contributed by atoms with Crippen molar-refractivity contribution in [2.24, 2.45) is 0 Å². The Morgan fingerprint density at radius 2 is 2.21 bits per heavy atom. The molecule has 3 aromatic rings. The largest absolute Gasteiger partial charge is 0.335 e. The van der Waals surface area contributed by atoms with E-state index in [-0.39, 0.29) is 11.7 Å². The molecule has 2 aromatic heterocycles. The minimum Gasteiger partial charge on any atom is -0.335 e. The van der Waals surface area contributed by atoms with Crippen LogP contribution in [0.5, 0.6) is 0 Å². The summed E-state index contributed by atoms with van der Waals surface area (Å²) in [7, 11) is 0.